The molecule has 0 spiro atoms. The third-order valence-corrected chi connectivity index (χ3v) is 3.92. The molecule has 0 heterocycles. The van der Waals surface area contributed by atoms with Crippen LogP contribution >= 0.6 is 17.0 Å². The van der Waals surface area contributed by atoms with E-state index in [4.69, 9.17) is 17.0 Å². The molecule has 5 heteroatoms. The van der Waals surface area contributed by atoms with E-state index in [1.807, 2.05) is 36.4 Å². The van der Waals surface area contributed by atoms with E-state index in [1.54, 1.807) is 6.21 Å². The molecule has 0 atom stereocenters. The topological polar surface area (TPSA) is 32.6 Å². The van der Waals surface area contributed by atoms with Gasteiger partial charge in [-0.1, -0.05) is 65.8 Å². The first-order valence-corrected chi connectivity index (χ1v) is 14.8. The van der Waals surface area contributed by atoms with Crippen molar-refractivity contribution < 1.29 is 26.0 Å². The average molecular weight is 472 g/mol. The molecule has 0 aliphatic carbocycles. The zero-order valence-corrected chi connectivity index (χ0v) is 20.2. The Bertz CT molecular complexity index is 732. The monoisotopic (exact) mass is 469 g/mol. The third kappa shape index (κ3) is 7.18. The number of hydrogen-bond acceptors (Lipinski definition) is 2. The minimum atomic E-state index is -0.826. The van der Waals surface area contributed by atoms with Gasteiger partial charge in [-0.25, -0.2) is 0 Å². The number of nitrogens with zero attached hydrogens (tertiary/aromatic N) is 1. The molecule has 2 nitrogen and oxygen atoms in total. The Morgan fingerprint density at radius 1 is 0.923 bits per heavy atom. The van der Waals surface area contributed by atoms with Crippen LogP contribution < -0.4 is 0 Å². The van der Waals surface area contributed by atoms with Gasteiger partial charge >= 0.3 is 37.9 Å². The van der Waals surface area contributed by atoms with Crippen molar-refractivity contribution in [2.75, 3.05) is 0 Å². The molecule has 0 radical (unpaired) electrons. The van der Waals surface area contributed by atoms with Crippen LogP contribution in [0.3, 0.4) is 0 Å². The van der Waals surface area contributed by atoms with E-state index in [-0.39, 0.29) is 10.8 Å². The zero-order valence-electron chi connectivity index (χ0n) is 16.3. The molecule has 0 saturated carbocycles. The van der Waals surface area contributed by atoms with Crippen molar-refractivity contribution in [2.45, 2.75) is 52.4 Å². The van der Waals surface area contributed by atoms with Gasteiger partial charge in [-0.3, -0.25) is 4.99 Å². The molecule has 1 N–H and O–H groups in total. The molecule has 2 aromatic carbocycles. The van der Waals surface area contributed by atoms with E-state index in [1.165, 1.54) is 5.56 Å². The molecule has 0 aliphatic rings. The van der Waals surface area contributed by atoms with Gasteiger partial charge in [0.25, 0.3) is 0 Å². The van der Waals surface area contributed by atoms with E-state index < -0.39 is 20.8 Å². The van der Waals surface area contributed by atoms with Crippen molar-refractivity contribution in [1.29, 1.82) is 0 Å². The summed E-state index contributed by atoms with van der Waals surface area (Å²) in [7, 11) is 9.87. The Labute approximate surface area is 176 Å². The summed E-state index contributed by atoms with van der Waals surface area (Å²) in [6.45, 7) is 12.9. The summed E-state index contributed by atoms with van der Waals surface area (Å²) < 4.78 is 0. The first kappa shape index (κ1) is 23.4. The van der Waals surface area contributed by atoms with E-state index in [0.29, 0.717) is 5.75 Å². The molecule has 0 fully saturated rings. The van der Waals surface area contributed by atoms with Gasteiger partial charge in [0.1, 0.15) is 5.75 Å². The molecule has 2 rings (SSSR count). The molecule has 26 heavy (non-hydrogen) atoms. The van der Waals surface area contributed by atoms with Gasteiger partial charge in [-0.05, 0) is 34.6 Å². The number of phenolic OH excluding ortho intramolecular Hbond substituents is 1. The normalized spacial score (nSPS) is 11.8. The summed E-state index contributed by atoms with van der Waals surface area (Å²) in [5, 5.41) is 10.7. The first-order chi connectivity index (χ1) is 12.0. The maximum atomic E-state index is 10.7. The summed E-state index contributed by atoms with van der Waals surface area (Å²) in [4.78, 5) is 4.50. The molecule has 0 bridgehead atoms. The summed E-state index contributed by atoms with van der Waals surface area (Å²) in [6.07, 6.45) is 1.76. The Balaban J connectivity index is 0.00000105. The fourth-order valence-corrected chi connectivity index (χ4v) is 2.42. The predicted octanol–water partition coefficient (Wildman–Crippen LogP) is 7.11. The minimum absolute atomic E-state index is 0.0169. The van der Waals surface area contributed by atoms with E-state index in [0.717, 1.165) is 16.8 Å². The Morgan fingerprint density at radius 2 is 1.46 bits per heavy atom. The second-order valence-corrected chi connectivity index (χ2v) is 11.9. The third-order valence-electron chi connectivity index (χ3n) is 3.92. The van der Waals surface area contributed by atoms with Gasteiger partial charge in [0.05, 0.1) is 5.69 Å². The molecule has 0 aliphatic heterocycles. The Kier molecular flexibility index (Phi) is 9.06. The van der Waals surface area contributed by atoms with Crippen molar-refractivity contribution >= 4 is 28.9 Å². The molecular weight excluding hydrogens is 444 g/mol. The second-order valence-electron chi connectivity index (χ2n) is 8.13. The molecular formula is C21H27Cl2NOZr. The van der Waals surface area contributed by atoms with Gasteiger partial charge in [-0.15, -0.1) is 0 Å². The Morgan fingerprint density at radius 3 is 1.92 bits per heavy atom. The summed E-state index contributed by atoms with van der Waals surface area (Å²) in [5.74, 6) is 0.324. The summed E-state index contributed by atoms with van der Waals surface area (Å²) in [5.41, 5.74) is 3.70. The van der Waals surface area contributed by atoms with Crippen molar-refractivity contribution in [1.82, 2.24) is 0 Å². The summed E-state index contributed by atoms with van der Waals surface area (Å²) in [6, 6.07) is 13.9. The van der Waals surface area contributed by atoms with Crippen molar-refractivity contribution in [3.8, 4) is 5.75 Å². The van der Waals surface area contributed by atoms with E-state index in [2.05, 4.69) is 52.6 Å². The molecule has 0 saturated heterocycles. The van der Waals surface area contributed by atoms with Crippen molar-refractivity contribution in [2.24, 2.45) is 4.99 Å². The van der Waals surface area contributed by atoms with Crippen LogP contribution in [-0.4, -0.2) is 11.3 Å². The van der Waals surface area contributed by atoms with Gasteiger partial charge in [0.2, 0.25) is 0 Å². The number of para-hydroxylation sites is 1. The van der Waals surface area contributed by atoms with Crippen molar-refractivity contribution in [3.63, 3.8) is 0 Å². The second kappa shape index (κ2) is 10.1. The van der Waals surface area contributed by atoms with Crippen LogP contribution in [0, 0.1) is 0 Å². The van der Waals surface area contributed by atoms with Crippen LogP contribution in [0.5, 0.6) is 5.75 Å². The molecule has 0 aromatic heterocycles. The summed E-state index contributed by atoms with van der Waals surface area (Å²) >= 11 is -0.826. The van der Waals surface area contributed by atoms with Crippen LogP contribution in [0.2, 0.25) is 0 Å². The number of benzene rings is 2. The van der Waals surface area contributed by atoms with E-state index in [9.17, 15) is 5.11 Å². The SMILES string of the molecule is CC(C)(C)c1cc(C=Nc2ccccc2)c(O)c(C(C)(C)C)c1.[Cl][Zr][Cl]. The van der Waals surface area contributed by atoms with Gasteiger partial charge in [-0.2, -0.15) is 0 Å². The fraction of sp³-hybridized carbons (Fsp3) is 0.381. The van der Waals surface area contributed by atoms with E-state index >= 15 is 0 Å². The van der Waals surface area contributed by atoms with Crippen LogP contribution in [0.15, 0.2) is 47.5 Å². The number of phenols is 1. The van der Waals surface area contributed by atoms with Gasteiger partial charge in [0, 0.05) is 17.3 Å². The fourth-order valence-electron chi connectivity index (χ4n) is 2.42. The van der Waals surface area contributed by atoms with Gasteiger partial charge in [0.15, 0.2) is 0 Å². The standard InChI is InChI=1S/C21H27NO.2ClH.Zr/c1-20(2,3)16-12-15(14-22-17-10-8-7-9-11-17)19(23)18(13-16)21(4,5)6;;;/h7-14,23H,1-6H3;2*1H;/q;;;+2/p-2. The first-order valence-electron chi connectivity index (χ1n) is 8.44. The number of aliphatic imine (C=N–C) groups is 1. The molecule has 2 aromatic rings. The number of aromatic hydroxyl groups is 1. The van der Waals surface area contributed by atoms with Crippen LogP contribution in [0.4, 0.5) is 5.69 Å². The number of rotatable bonds is 2. The molecule has 0 unspecified atom stereocenters. The predicted molar refractivity (Wildman–Crippen MR) is 111 cm³/mol. The van der Waals surface area contributed by atoms with Crippen molar-refractivity contribution in [3.05, 3.63) is 59.2 Å². The number of halogens is 2. The van der Waals surface area contributed by atoms with Crippen LogP contribution in [-0.2, 0) is 31.7 Å². The average Bonchev–Trinajstić information content (AvgIpc) is 2.53. The zero-order chi connectivity index (χ0) is 20.0. The van der Waals surface area contributed by atoms with Crippen LogP contribution in [0.1, 0.15) is 58.2 Å². The molecule has 0 amide bonds. The number of hydrogen-bond donors (Lipinski definition) is 1. The quantitative estimate of drug-likeness (QED) is 0.465. The van der Waals surface area contributed by atoms with Crippen LogP contribution in [0.25, 0.3) is 0 Å². The maximum absolute atomic E-state index is 10.7. The Hall–Kier alpha value is -0.627. The van der Waals surface area contributed by atoms with Gasteiger partial charge < -0.3 is 5.11 Å². The molecule has 140 valence electrons.